The van der Waals surface area contributed by atoms with Crippen LogP contribution in [0.15, 0.2) is 35.4 Å². The van der Waals surface area contributed by atoms with E-state index in [-0.39, 0.29) is 0 Å². The van der Waals surface area contributed by atoms with Crippen molar-refractivity contribution in [3.63, 3.8) is 0 Å². The van der Waals surface area contributed by atoms with Crippen molar-refractivity contribution in [1.29, 1.82) is 0 Å². The minimum absolute atomic E-state index is 0.627. The molecule has 0 spiro atoms. The molecular weight excluding hydrogens is 284 g/mol. The minimum Gasteiger partial charge on any atom is -0.379 e. The van der Waals surface area contributed by atoms with Crippen molar-refractivity contribution in [2.45, 2.75) is 4.90 Å². The zero-order valence-electron chi connectivity index (χ0n) is 10.2. The molecule has 0 aliphatic carbocycles. The monoisotopic (exact) mass is 296 g/mol. The molecule has 3 rings (SSSR count). The molecule has 0 amide bonds. The molecule has 1 aliphatic heterocycles. The van der Waals surface area contributed by atoms with E-state index in [0.29, 0.717) is 31.3 Å². The zero-order chi connectivity index (χ0) is 13.2. The second-order valence-electron chi connectivity index (χ2n) is 4.26. The van der Waals surface area contributed by atoms with Gasteiger partial charge < -0.3 is 4.74 Å². The maximum atomic E-state index is 12.5. The lowest BCUT2D eigenvalue weighted by molar-refractivity contribution is 0.0752. The molecule has 100 valence electrons. The second-order valence-corrected chi connectivity index (χ2v) is 6.16. The third kappa shape index (κ3) is 2.65. The fraction of sp³-hybridized carbons (Fsp3) is 0.308. The van der Waals surface area contributed by atoms with E-state index < -0.39 is 11.0 Å². The summed E-state index contributed by atoms with van der Waals surface area (Å²) in [5.41, 5.74) is 0.815. The number of morpholine rings is 1. The maximum absolute atomic E-state index is 12.5. The number of hydrogen-bond acceptors (Lipinski definition) is 3. The van der Waals surface area contributed by atoms with Crippen molar-refractivity contribution in [2.24, 2.45) is 0 Å². The van der Waals surface area contributed by atoms with E-state index >= 15 is 0 Å². The zero-order valence-corrected chi connectivity index (χ0v) is 11.8. The number of hydrogen-bond donors (Lipinski definition) is 0. The fourth-order valence-corrected chi connectivity index (χ4v) is 3.45. The Morgan fingerprint density at radius 2 is 2.05 bits per heavy atom. The highest BCUT2D eigenvalue weighted by Crippen LogP contribution is 2.24. The standard InChI is InChI=1S/C13H13ClN2O2S/c14-12-3-4-15-13-2-1-10(9-11(12)13)19(17)16-5-7-18-8-6-16/h1-4,9H,5-8H2. The Hall–Kier alpha value is -1.01. The quantitative estimate of drug-likeness (QED) is 0.853. The second kappa shape index (κ2) is 5.54. The van der Waals surface area contributed by atoms with Gasteiger partial charge in [0.25, 0.3) is 0 Å². The molecule has 0 saturated carbocycles. The predicted molar refractivity (Wildman–Crippen MR) is 75.6 cm³/mol. The summed E-state index contributed by atoms with van der Waals surface area (Å²) in [4.78, 5) is 4.99. The number of ether oxygens (including phenoxy) is 1. The van der Waals surface area contributed by atoms with Crippen molar-refractivity contribution in [3.8, 4) is 0 Å². The third-order valence-electron chi connectivity index (χ3n) is 3.07. The number of nitrogens with zero attached hydrogens (tertiary/aromatic N) is 2. The molecular formula is C13H13ClN2O2S. The number of halogens is 1. The molecule has 19 heavy (non-hydrogen) atoms. The Balaban J connectivity index is 1.96. The van der Waals surface area contributed by atoms with Crippen LogP contribution >= 0.6 is 11.6 Å². The van der Waals surface area contributed by atoms with Gasteiger partial charge in [-0.25, -0.2) is 8.51 Å². The largest absolute Gasteiger partial charge is 0.379 e. The average Bonchev–Trinajstić information content (AvgIpc) is 2.47. The van der Waals surface area contributed by atoms with Crippen LogP contribution in [0, 0.1) is 0 Å². The van der Waals surface area contributed by atoms with Gasteiger partial charge in [-0.05, 0) is 24.3 Å². The van der Waals surface area contributed by atoms with Gasteiger partial charge in [0, 0.05) is 24.7 Å². The molecule has 1 fully saturated rings. The number of benzene rings is 1. The van der Waals surface area contributed by atoms with Gasteiger partial charge in [-0.15, -0.1) is 0 Å². The van der Waals surface area contributed by atoms with Crippen molar-refractivity contribution in [3.05, 3.63) is 35.5 Å². The SMILES string of the molecule is O=S(c1ccc2nccc(Cl)c2c1)N1CCOCC1. The van der Waals surface area contributed by atoms with E-state index in [2.05, 4.69) is 4.98 Å². The van der Waals surface area contributed by atoms with Crippen molar-refractivity contribution >= 4 is 33.5 Å². The van der Waals surface area contributed by atoms with Crippen molar-refractivity contribution in [1.82, 2.24) is 9.29 Å². The van der Waals surface area contributed by atoms with Crippen LogP contribution in [-0.2, 0) is 15.7 Å². The molecule has 0 bridgehead atoms. The maximum Gasteiger partial charge on any atom is 0.127 e. The summed E-state index contributed by atoms with van der Waals surface area (Å²) < 4.78 is 19.7. The third-order valence-corrected chi connectivity index (χ3v) is 4.89. The lowest BCUT2D eigenvalue weighted by atomic mass is 10.2. The molecule has 1 aromatic heterocycles. The molecule has 2 aromatic rings. The highest BCUT2D eigenvalue weighted by molar-refractivity contribution is 7.82. The number of pyridine rings is 1. The highest BCUT2D eigenvalue weighted by Gasteiger charge is 2.18. The van der Waals surface area contributed by atoms with Gasteiger partial charge in [0.15, 0.2) is 0 Å². The summed E-state index contributed by atoms with van der Waals surface area (Å²) in [6.45, 7) is 2.63. The van der Waals surface area contributed by atoms with E-state index in [1.165, 1.54) is 0 Å². The van der Waals surface area contributed by atoms with E-state index in [4.69, 9.17) is 16.3 Å². The molecule has 0 radical (unpaired) electrons. The molecule has 6 heteroatoms. The van der Waals surface area contributed by atoms with E-state index in [9.17, 15) is 4.21 Å². The van der Waals surface area contributed by atoms with Gasteiger partial charge in [-0.1, -0.05) is 11.6 Å². The smallest absolute Gasteiger partial charge is 0.127 e. The first-order chi connectivity index (χ1) is 9.25. The number of aromatic nitrogens is 1. The van der Waals surface area contributed by atoms with E-state index in [1.807, 2.05) is 22.5 Å². The number of fused-ring (bicyclic) bond motifs is 1. The molecule has 0 N–H and O–H groups in total. The Kier molecular flexibility index (Phi) is 3.79. The van der Waals surface area contributed by atoms with Crippen LogP contribution in [0.4, 0.5) is 0 Å². The fourth-order valence-electron chi connectivity index (χ4n) is 2.06. The Bertz CT molecular complexity index is 629. The van der Waals surface area contributed by atoms with Crippen LogP contribution in [0.5, 0.6) is 0 Å². The molecule has 4 nitrogen and oxygen atoms in total. The van der Waals surface area contributed by atoms with Gasteiger partial charge in [0.1, 0.15) is 11.0 Å². The van der Waals surface area contributed by atoms with Gasteiger partial charge in [0.2, 0.25) is 0 Å². The van der Waals surface area contributed by atoms with Crippen LogP contribution in [0.1, 0.15) is 0 Å². The molecule has 1 unspecified atom stereocenters. The topological polar surface area (TPSA) is 42.4 Å². The van der Waals surface area contributed by atoms with Crippen LogP contribution in [0.2, 0.25) is 5.02 Å². The van der Waals surface area contributed by atoms with E-state index in [0.717, 1.165) is 15.8 Å². The van der Waals surface area contributed by atoms with Gasteiger partial charge in [0.05, 0.1) is 28.6 Å². The normalized spacial score (nSPS) is 18.6. The first-order valence-corrected chi connectivity index (χ1v) is 7.53. The minimum atomic E-state index is -1.17. The molecule has 1 saturated heterocycles. The number of rotatable bonds is 2. The lowest BCUT2D eigenvalue weighted by Gasteiger charge is -2.25. The molecule has 1 aliphatic rings. The van der Waals surface area contributed by atoms with Gasteiger partial charge in [-0.2, -0.15) is 0 Å². The Morgan fingerprint density at radius 1 is 1.26 bits per heavy atom. The van der Waals surface area contributed by atoms with Gasteiger partial charge in [-0.3, -0.25) is 4.98 Å². The summed E-state index contributed by atoms with van der Waals surface area (Å²) in [5.74, 6) is 0. The van der Waals surface area contributed by atoms with Crippen molar-refractivity contribution in [2.75, 3.05) is 26.3 Å². The van der Waals surface area contributed by atoms with Crippen LogP contribution in [0.25, 0.3) is 10.9 Å². The highest BCUT2D eigenvalue weighted by atomic mass is 35.5. The summed E-state index contributed by atoms with van der Waals surface area (Å²) in [5, 5.41) is 1.47. The first-order valence-electron chi connectivity index (χ1n) is 6.04. The molecule has 1 aromatic carbocycles. The summed E-state index contributed by atoms with van der Waals surface area (Å²) in [6, 6.07) is 7.30. The lowest BCUT2D eigenvalue weighted by Crippen LogP contribution is -2.37. The van der Waals surface area contributed by atoms with Gasteiger partial charge >= 0.3 is 0 Å². The summed E-state index contributed by atoms with van der Waals surface area (Å²) in [6.07, 6.45) is 1.67. The van der Waals surface area contributed by atoms with Crippen LogP contribution in [-0.4, -0.2) is 39.8 Å². The molecule has 1 atom stereocenters. The molecule has 2 heterocycles. The van der Waals surface area contributed by atoms with Crippen LogP contribution < -0.4 is 0 Å². The summed E-state index contributed by atoms with van der Waals surface area (Å²) in [7, 11) is -1.17. The Morgan fingerprint density at radius 3 is 2.84 bits per heavy atom. The van der Waals surface area contributed by atoms with E-state index in [1.54, 1.807) is 12.3 Å². The Labute approximate surface area is 118 Å². The van der Waals surface area contributed by atoms with Crippen LogP contribution in [0.3, 0.4) is 0 Å². The average molecular weight is 297 g/mol. The first kappa shape index (κ1) is 13.0. The summed E-state index contributed by atoms with van der Waals surface area (Å²) >= 11 is 6.15. The predicted octanol–water partition coefficient (Wildman–Crippen LogP) is 2.24. The van der Waals surface area contributed by atoms with Crippen molar-refractivity contribution < 1.29 is 8.95 Å².